The smallest absolute Gasteiger partial charge is 0.274 e. The van der Waals surface area contributed by atoms with Crippen LogP contribution in [0.2, 0.25) is 0 Å². The van der Waals surface area contributed by atoms with Crippen molar-refractivity contribution in [3.8, 4) is 0 Å². The second kappa shape index (κ2) is 8.20. The number of nitrogens with zero attached hydrogens (tertiary/aromatic N) is 2. The predicted molar refractivity (Wildman–Crippen MR) is 101 cm³/mol. The molecule has 126 valence electrons. The van der Waals surface area contributed by atoms with E-state index < -0.39 is 0 Å². The van der Waals surface area contributed by atoms with Crippen LogP contribution in [0.4, 0.5) is 11.5 Å². The van der Waals surface area contributed by atoms with Crippen molar-refractivity contribution in [2.24, 2.45) is 0 Å². The topological polar surface area (TPSA) is 45.2 Å². The molecule has 3 rings (SSSR count). The van der Waals surface area contributed by atoms with Crippen molar-refractivity contribution in [2.75, 3.05) is 29.6 Å². The van der Waals surface area contributed by atoms with Gasteiger partial charge in [0.15, 0.2) is 0 Å². The summed E-state index contributed by atoms with van der Waals surface area (Å²) in [6.45, 7) is 2.04. The molecular weight excluding hydrogens is 318 g/mol. The predicted octanol–water partition coefficient (Wildman–Crippen LogP) is 4.44. The third kappa shape index (κ3) is 4.29. The van der Waals surface area contributed by atoms with Gasteiger partial charge in [0, 0.05) is 23.7 Å². The molecule has 0 saturated carbocycles. The average Bonchev–Trinajstić information content (AvgIpc) is 2.91. The zero-order chi connectivity index (χ0) is 16.8. The van der Waals surface area contributed by atoms with E-state index in [2.05, 4.69) is 15.2 Å². The van der Waals surface area contributed by atoms with Gasteiger partial charge in [-0.2, -0.15) is 0 Å². The number of benzene rings is 1. The zero-order valence-corrected chi connectivity index (χ0v) is 14.8. The minimum Gasteiger partial charge on any atom is -0.357 e. The first-order valence-electron chi connectivity index (χ1n) is 8.44. The van der Waals surface area contributed by atoms with Crippen molar-refractivity contribution in [2.45, 2.75) is 30.6 Å². The average molecular weight is 341 g/mol. The molecule has 1 amide bonds. The summed E-state index contributed by atoms with van der Waals surface area (Å²) in [6, 6.07) is 13.5. The van der Waals surface area contributed by atoms with Crippen LogP contribution in [0.25, 0.3) is 0 Å². The number of rotatable bonds is 4. The van der Waals surface area contributed by atoms with Crippen LogP contribution in [0.15, 0.2) is 47.4 Å². The Morgan fingerprint density at radius 1 is 1.08 bits per heavy atom. The minimum absolute atomic E-state index is 0.162. The van der Waals surface area contributed by atoms with Crippen LogP contribution in [0, 0.1) is 0 Å². The molecule has 1 fully saturated rings. The number of hydrogen-bond acceptors (Lipinski definition) is 4. The Balaban J connectivity index is 1.73. The molecular formula is C19H23N3OS. The second-order valence-corrected chi connectivity index (χ2v) is 6.85. The summed E-state index contributed by atoms with van der Waals surface area (Å²) in [6.07, 6.45) is 6.97. The maximum absolute atomic E-state index is 12.5. The fourth-order valence-electron chi connectivity index (χ4n) is 2.92. The van der Waals surface area contributed by atoms with E-state index in [9.17, 15) is 4.79 Å². The largest absolute Gasteiger partial charge is 0.357 e. The Bertz CT molecular complexity index is 697. The van der Waals surface area contributed by atoms with E-state index in [0.717, 1.165) is 29.5 Å². The van der Waals surface area contributed by atoms with Gasteiger partial charge >= 0.3 is 0 Å². The van der Waals surface area contributed by atoms with Gasteiger partial charge in [-0.3, -0.25) is 4.79 Å². The number of aromatic nitrogens is 1. The molecule has 0 unspecified atom stereocenters. The monoisotopic (exact) mass is 341 g/mol. The van der Waals surface area contributed by atoms with Crippen LogP contribution in [-0.2, 0) is 0 Å². The fraction of sp³-hybridized carbons (Fsp3) is 0.368. The van der Waals surface area contributed by atoms with E-state index in [4.69, 9.17) is 0 Å². The number of anilines is 2. The highest BCUT2D eigenvalue weighted by Gasteiger charge is 2.14. The summed E-state index contributed by atoms with van der Waals surface area (Å²) in [5.41, 5.74) is 1.26. The molecule has 0 aliphatic carbocycles. The quantitative estimate of drug-likeness (QED) is 0.835. The molecule has 24 heavy (non-hydrogen) atoms. The molecule has 1 aliphatic heterocycles. The molecule has 0 spiro atoms. The lowest BCUT2D eigenvalue weighted by Gasteiger charge is -2.21. The van der Waals surface area contributed by atoms with Crippen LogP contribution < -0.4 is 10.2 Å². The summed E-state index contributed by atoms with van der Waals surface area (Å²) in [5, 5.41) is 2.94. The van der Waals surface area contributed by atoms with Gasteiger partial charge in [0.2, 0.25) is 0 Å². The number of nitrogens with one attached hydrogen (secondary N) is 1. The highest BCUT2D eigenvalue weighted by molar-refractivity contribution is 7.98. The van der Waals surface area contributed by atoms with E-state index in [0.29, 0.717) is 5.69 Å². The summed E-state index contributed by atoms with van der Waals surface area (Å²) < 4.78 is 0. The normalized spacial score (nSPS) is 15.0. The summed E-state index contributed by atoms with van der Waals surface area (Å²) in [4.78, 5) is 20.5. The Morgan fingerprint density at radius 3 is 2.58 bits per heavy atom. The summed E-state index contributed by atoms with van der Waals surface area (Å²) in [7, 11) is 0. The molecule has 0 bridgehead atoms. The van der Waals surface area contributed by atoms with Crippen LogP contribution >= 0.6 is 11.8 Å². The standard InChI is InChI=1S/C19H23N3OS/c1-24-16-9-6-8-15(14-16)20-19(23)17-10-7-11-18(21-17)22-12-4-2-3-5-13-22/h6-11,14H,2-5,12-13H2,1H3,(H,20,23). The van der Waals surface area contributed by atoms with E-state index in [1.54, 1.807) is 17.8 Å². The number of thioether (sulfide) groups is 1. The van der Waals surface area contributed by atoms with E-state index in [1.807, 2.05) is 42.7 Å². The Labute approximate surface area is 147 Å². The molecule has 2 heterocycles. The van der Waals surface area contributed by atoms with Crippen molar-refractivity contribution in [1.29, 1.82) is 0 Å². The van der Waals surface area contributed by atoms with Crippen molar-refractivity contribution in [1.82, 2.24) is 4.98 Å². The number of carbonyl (C=O) groups excluding carboxylic acids is 1. The molecule has 4 nitrogen and oxygen atoms in total. The van der Waals surface area contributed by atoms with Gasteiger partial charge in [-0.05, 0) is 49.4 Å². The first-order valence-corrected chi connectivity index (χ1v) is 9.66. The molecule has 1 N–H and O–H groups in total. The lowest BCUT2D eigenvalue weighted by Crippen LogP contribution is -2.26. The Morgan fingerprint density at radius 2 is 1.83 bits per heavy atom. The maximum atomic E-state index is 12.5. The van der Waals surface area contributed by atoms with Gasteiger partial charge in [-0.15, -0.1) is 11.8 Å². The van der Waals surface area contributed by atoms with E-state index >= 15 is 0 Å². The lowest BCUT2D eigenvalue weighted by atomic mass is 10.2. The van der Waals surface area contributed by atoms with Gasteiger partial charge in [-0.1, -0.05) is 25.0 Å². The zero-order valence-electron chi connectivity index (χ0n) is 14.0. The molecule has 1 aliphatic rings. The van der Waals surface area contributed by atoms with Gasteiger partial charge < -0.3 is 10.2 Å². The van der Waals surface area contributed by atoms with Crippen molar-refractivity contribution < 1.29 is 4.79 Å². The Hall–Kier alpha value is -2.01. The van der Waals surface area contributed by atoms with Crippen molar-refractivity contribution >= 4 is 29.2 Å². The lowest BCUT2D eigenvalue weighted by molar-refractivity contribution is 0.102. The molecule has 0 atom stereocenters. The van der Waals surface area contributed by atoms with Crippen molar-refractivity contribution in [3.05, 3.63) is 48.2 Å². The first kappa shape index (κ1) is 16.8. The molecule has 5 heteroatoms. The van der Waals surface area contributed by atoms with Crippen molar-refractivity contribution in [3.63, 3.8) is 0 Å². The molecule has 1 aromatic carbocycles. The molecule has 1 saturated heterocycles. The number of amides is 1. The fourth-order valence-corrected chi connectivity index (χ4v) is 3.38. The van der Waals surface area contributed by atoms with E-state index in [1.165, 1.54) is 25.7 Å². The van der Waals surface area contributed by atoms with Crippen LogP contribution in [-0.4, -0.2) is 30.2 Å². The van der Waals surface area contributed by atoms with Crippen LogP contribution in [0.1, 0.15) is 36.2 Å². The Kier molecular flexibility index (Phi) is 5.75. The summed E-state index contributed by atoms with van der Waals surface area (Å²) in [5.74, 6) is 0.743. The van der Waals surface area contributed by atoms with Crippen LogP contribution in [0.5, 0.6) is 0 Å². The van der Waals surface area contributed by atoms with Gasteiger partial charge in [0.05, 0.1) is 0 Å². The summed E-state index contributed by atoms with van der Waals surface area (Å²) >= 11 is 1.66. The number of hydrogen-bond donors (Lipinski definition) is 1. The molecule has 2 aromatic rings. The highest BCUT2D eigenvalue weighted by Crippen LogP contribution is 2.20. The van der Waals surface area contributed by atoms with E-state index in [-0.39, 0.29) is 5.91 Å². The second-order valence-electron chi connectivity index (χ2n) is 5.97. The molecule has 0 radical (unpaired) electrons. The highest BCUT2D eigenvalue weighted by atomic mass is 32.2. The van der Waals surface area contributed by atoms with Gasteiger partial charge in [0.25, 0.3) is 5.91 Å². The third-order valence-corrected chi connectivity index (χ3v) is 4.95. The number of carbonyl (C=O) groups is 1. The third-order valence-electron chi connectivity index (χ3n) is 4.22. The molecule has 1 aromatic heterocycles. The number of pyridine rings is 1. The SMILES string of the molecule is CSc1cccc(NC(=O)c2cccc(N3CCCCCC3)n2)c1. The minimum atomic E-state index is -0.162. The maximum Gasteiger partial charge on any atom is 0.274 e. The first-order chi connectivity index (χ1) is 11.8. The van der Waals surface area contributed by atoms with Crippen LogP contribution in [0.3, 0.4) is 0 Å². The van der Waals surface area contributed by atoms with Gasteiger partial charge in [0.1, 0.15) is 11.5 Å². The van der Waals surface area contributed by atoms with Gasteiger partial charge in [-0.25, -0.2) is 4.98 Å².